The summed E-state index contributed by atoms with van der Waals surface area (Å²) in [6.45, 7) is -0.125. The molecule has 0 radical (unpaired) electrons. The van der Waals surface area contributed by atoms with Gasteiger partial charge in [0.15, 0.2) is 11.4 Å². The number of aromatic nitrogens is 2. The van der Waals surface area contributed by atoms with Crippen LogP contribution in [0.1, 0.15) is 21.6 Å². The SMILES string of the molecule is O=C(NCc1cccc(C(F)(F)F)c1)c1nn(-c2ccccc2)cc1O. The van der Waals surface area contributed by atoms with Crippen LogP contribution >= 0.6 is 0 Å². The van der Waals surface area contributed by atoms with Crippen molar-refractivity contribution in [2.75, 3.05) is 0 Å². The Labute approximate surface area is 146 Å². The summed E-state index contributed by atoms with van der Waals surface area (Å²) in [7, 11) is 0. The minimum Gasteiger partial charge on any atom is -0.504 e. The minimum absolute atomic E-state index is 0.125. The van der Waals surface area contributed by atoms with E-state index in [2.05, 4.69) is 10.4 Å². The van der Waals surface area contributed by atoms with E-state index in [-0.39, 0.29) is 23.6 Å². The molecule has 0 atom stereocenters. The molecule has 0 aliphatic carbocycles. The molecule has 0 bridgehead atoms. The zero-order valence-electron chi connectivity index (χ0n) is 13.4. The van der Waals surface area contributed by atoms with E-state index in [1.807, 2.05) is 6.07 Å². The van der Waals surface area contributed by atoms with Gasteiger partial charge in [-0.1, -0.05) is 30.3 Å². The van der Waals surface area contributed by atoms with Gasteiger partial charge in [-0.25, -0.2) is 4.68 Å². The highest BCUT2D eigenvalue weighted by atomic mass is 19.4. The van der Waals surface area contributed by atoms with Crippen molar-refractivity contribution in [2.24, 2.45) is 0 Å². The maximum absolute atomic E-state index is 12.7. The van der Waals surface area contributed by atoms with Crippen molar-refractivity contribution < 1.29 is 23.1 Å². The normalized spacial score (nSPS) is 11.3. The number of alkyl halides is 3. The Morgan fingerprint density at radius 3 is 2.54 bits per heavy atom. The highest BCUT2D eigenvalue weighted by Gasteiger charge is 2.30. The van der Waals surface area contributed by atoms with E-state index >= 15 is 0 Å². The molecule has 0 aliphatic heterocycles. The predicted octanol–water partition coefficient (Wildman–Crippen LogP) is 3.53. The minimum atomic E-state index is -4.45. The van der Waals surface area contributed by atoms with Crippen molar-refractivity contribution in [1.29, 1.82) is 0 Å². The number of para-hydroxylation sites is 1. The van der Waals surface area contributed by atoms with Gasteiger partial charge in [0, 0.05) is 6.54 Å². The van der Waals surface area contributed by atoms with E-state index in [1.165, 1.54) is 23.0 Å². The summed E-state index contributed by atoms with van der Waals surface area (Å²) in [5, 5.41) is 16.4. The van der Waals surface area contributed by atoms with Crippen LogP contribution in [0.15, 0.2) is 60.8 Å². The number of nitrogens with zero attached hydrogens (tertiary/aromatic N) is 2. The number of carbonyl (C=O) groups excluding carboxylic acids is 1. The van der Waals surface area contributed by atoms with Gasteiger partial charge in [0.1, 0.15) is 0 Å². The topological polar surface area (TPSA) is 67.2 Å². The van der Waals surface area contributed by atoms with Crippen LogP contribution in [0.2, 0.25) is 0 Å². The Balaban J connectivity index is 1.72. The molecular weight excluding hydrogens is 347 g/mol. The van der Waals surface area contributed by atoms with Crippen LogP contribution in [0.25, 0.3) is 5.69 Å². The fourth-order valence-electron chi connectivity index (χ4n) is 2.36. The zero-order chi connectivity index (χ0) is 18.7. The molecular formula is C18H14F3N3O2. The predicted molar refractivity (Wildman–Crippen MR) is 87.8 cm³/mol. The number of halogens is 3. The fourth-order valence-corrected chi connectivity index (χ4v) is 2.36. The first-order chi connectivity index (χ1) is 12.3. The van der Waals surface area contributed by atoms with Crippen molar-refractivity contribution in [3.05, 3.63) is 77.6 Å². The number of benzene rings is 2. The summed E-state index contributed by atoms with van der Waals surface area (Å²) in [6.07, 6.45) is -3.17. The first kappa shape index (κ1) is 17.5. The smallest absolute Gasteiger partial charge is 0.416 e. The van der Waals surface area contributed by atoms with Gasteiger partial charge in [-0.05, 0) is 29.8 Å². The van der Waals surface area contributed by atoms with Crippen LogP contribution in [0.4, 0.5) is 13.2 Å². The third-order valence-electron chi connectivity index (χ3n) is 3.64. The van der Waals surface area contributed by atoms with Crippen molar-refractivity contribution in [1.82, 2.24) is 15.1 Å². The zero-order valence-corrected chi connectivity index (χ0v) is 13.4. The Morgan fingerprint density at radius 1 is 1.12 bits per heavy atom. The lowest BCUT2D eigenvalue weighted by molar-refractivity contribution is -0.137. The number of hydrogen-bond acceptors (Lipinski definition) is 3. The van der Waals surface area contributed by atoms with Crippen molar-refractivity contribution in [3.63, 3.8) is 0 Å². The van der Waals surface area contributed by atoms with Gasteiger partial charge in [0.2, 0.25) is 0 Å². The maximum Gasteiger partial charge on any atom is 0.416 e. The molecule has 5 nitrogen and oxygen atoms in total. The Bertz CT molecular complexity index is 921. The number of hydrogen-bond donors (Lipinski definition) is 2. The van der Waals surface area contributed by atoms with E-state index < -0.39 is 17.6 Å². The molecule has 134 valence electrons. The lowest BCUT2D eigenvalue weighted by atomic mass is 10.1. The van der Waals surface area contributed by atoms with E-state index in [9.17, 15) is 23.1 Å². The van der Waals surface area contributed by atoms with Gasteiger partial charge in [0.25, 0.3) is 5.91 Å². The molecule has 1 heterocycles. The average molecular weight is 361 g/mol. The molecule has 2 N–H and O–H groups in total. The second-order valence-corrected chi connectivity index (χ2v) is 5.52. The van der Waals surface area contributed by atoms with Crippen molar-refractivity contribution in [2.45, 2.75) is 12.7 Å². The summed E-state index contributed by atoms with van der Waals surface area (Å²) in [5.74, 6) is -1.01. The Morgan fingerprint density at radius 2 is 1.85 bits per heavy atom. The van der Waals surface area contributed by atoms with Crippen molar-refractivity contribution >= 4 is 5.91 Å². The summed E-state index contributed by atoms with van der Waals surface area (Å²) < 4.78 is 39.5. The molecule has 1 aromatic heterocycles. The quantitative estimate of drug-likeness (QED) is 0.747. The average Bonchev–Trinajstić information content (AvgIpc) is 3.02. The van der Waals surface area contributed by atoms with Gasteiger partial charge >= 0.3 is 6.18 Å². The van der Waals surface area contributed by atoms with E-state index in [1.54, 1.807) is 24.3 Å². The number of amides is 1. The number of carbonyl (C=O) groups is 1. The van der Waals surface area contributed by atoms with Gasteiger partial charge < -0.3 is 10.4 Å². The van der Waals surface area contributed by atoms with Crippen LogP contribution in [-0.4, -0.2) is 20.8 Å². The molecule has 0 saturated carbocycles. The molecule has 2 aromatic carbocycles. The van der Waals surface area contributed by atoms with E-state index in [0.29, 0.717) is 5.69 Å². The van der Waals surface area contributed by atoms with Gasteiger partial charge in [-0.15, -0.1) is 0 Å². The first-order valence-electron chi connectivity index (χ1n) is 7.63. The third-order valence-corrected chi connectivity index (χ3v) is 3.64. The Hall–Kier alpha value is -3.29. The first-order valence-corrected chi connectivity index (χ1v) is 7.63. The van der Waals surface area contributed by atoms with Crippen molar-refractivity contribution in [3.8, 4) is 11.4 Å². The molecule has 0 saturated heterocycles. The largest absolute Gasteiger partial charge is 0.504 e. The lowest BCUT2D eigenvalue weighted by Crippen LogP contribution is -2.23. The molecule has 0 fully saturated rings. The summed E-state index contributed by atoms with van der Waals surface area (Å²) in [5.41, 5.74) is -0.0591. The molecule has 3 aromatic rings. The molecule has 8 heteroatoms. The van der Waals surface area contributed by atoms with Crippen LogP contribution in [0.3, 0.4) is 0 Å². The van der Waals surface area contributed by atoms with Crippen LogP contribution in [0.5, 0.6) is 5.75 Å². The fraction of sp³-hybridized carbons (Fsp3) is 0.111. The van der Waals surface area contributed by atoms with E-state index in [0.717, 1.165) is 12.1 Å². The summed E-state index contributed by atoms with van der Waals surface area (Å²) in [6, 6.07) is 13.5. The third kappa shape index (κ3) is 3.85. The molecule has 3 rings (SSSR count). The van der Waals surface area contributed by atoms with Crippen LogP contribution in [-0.2, 0) is 12.7 Å². The summed E-state index contributed by atoms with van der Waals surface area (Å²) >= 11 is 0. The van der Waals surface area contributed by atoms with E-state index in [4.69, 9.17) is 0 Å². The summed E-state index contributed by atoms with van der Waals surface area (Å²) in [4.78, 5) is 12.2. The van der Waals surface area contributed by atoms with Gasteiger partial charge in [-0.2, -0.15) is 18.3 Å². The van der Waals surface area contributed by atoms with Gasteiger partial charge in [-0.3, -0.25) is 4.79 Å². The van der Waals surface area contributed by atoms with Crippen LogP contribution in [0, 0.1) is 0 Å². The Kier molecular flexibility index (Phi) is 4.66. The molecule has 26 heavy (non-hydrogen) atoms. The second-order valence-electron chi connectivity index (χ2n) is 5.52. The molecule has 0 spiro atoms. The van der Waals surface area contributed by atoms with Gasteiger partial charge in [0.05, 0.1) is 17.4 Å². The highest BCUT2D eigenvalue weighted by Crippen LogP contribution is 2.29. The lowest BCUT2D eigenvalue weighted by Gasteiger charge is -2.09. The standard InChI is InChI=1S/C18H14F3N3O2/c19-18(20,21)13-6-4-5-12(9-13)10-22-17(26)16-15(25)11-24(23-16)14-7-2-1-3-8-14/h1-9,11,25H,10H2,(H,22,26). The van der Waals surface area contributed by atoms with Crippen LogP contribution < -0.4 is 5.32 Å². The number of rotatable bonds is 4. The number of aromatic hydroxyl groups is 1. The second kappa shape index (κ2) is 6.91. The maximum atomic E-state index is 12.7. The highest BCUT2D eigenvalue weighted by molar-refractivity contribution is 5.94. The molecule has 0 unspecified atom stereocenters. The molecule has 0 aliphatic rings. The monoisotopic (exact) mass is 361 g/mol. The molecule has 1 amide bonds. The number of nitrogens with one attached hydrogen (secondary N) is 1.